The van der Waals surface area contributed by atoms with Gasteiger partial charge in [-0.05, 0) is 37.0 Å². The molecule has 2 heterocycles. The van der Waals surface area contributed by atoms with Crippen molar-refractivity contribution >= 4 is 27.5 Å². The predicted molar refractivity (Wildman–Crippen MR) is 119 cm³/mol. The summed E-state index contributed by atoms with van der Waals surface area (Å²) in [7, 11) is -3.10. The van der Waals surface area contributed by atoms with Crippen LogP contribution in [0.5, 0.6) is 0 Å². The number of amides is 1. The minimum absolute atomic E-state index is 0.0181. The van der Waals surface area contributed by atoms with E-state index in [0.29, 0.717) is 19.6 Å². The Balaban J connectivity index is 1.64. The van der Waals surface area contributed by atoms with Crippen molar-refractivity contribution in [3.63, 3.8) is 0 Å². The van der Waals surface area contributed by atoms with Gasteiger partial charge in [0, 0.05) is 24.1 Å². The van der Waals surface area contributed by atoms with Crippen LogP contribution < -0.4 is 0 Å². The summed E-state index contributed by atoms with van der Waals surface area (Å²) in [5.74, 6) is 0.158. The first kappa shape index (κ1) is 21.4. The van der Waals surface area contributed by atoms with E-state index in [1.807, 2.05) is 60.7 Å². The highest BCUT2D eigenvalue weighted by Crippen LogP contribution is 2.38. The van der Waals surface area contributed by atoms with Gasteiger partial charge in [0.15, 0.2) is 9.84 Å². The molecular formula is C23H27NO4S2. The topological polar surface area (TPSA) is 63.7 Å². The number of hydrogen-bond donors (Lipinski definition) is 0. The first-order valence-corrected chi connectivity index (χ1v) is 13.1. The maximum Gasteiger partial charge on any atom is 0.240 e. The summed E-state index contributed by atoms with van der Waals surface area (Å²) in [6.07, 6.45) is 2.37. The van der Waals surface area contributed by atoms with Gasteiger partial charge in [-0.1, -0.05) is 48.5 Å². The van der Waals surface area contributed by atoms with E-state index in [9.17, 15) is 13.2 Å². The second-order valence-electron chi connectivity index (χ2n) is 7.90. The van der Waals surface area contributed by atoms with Gasteiger partial charge in [-0.15, -0.1) is 11.8 Å². The fourth-order valence-electron chi connectivity index (χ4n) is 4.12. The Hall–Kier alpha value is -1.83. The zero-order valence-corrected chi connectivity index (χ0v) is 18.5. The summed E-state index contributed by atoms with van der Waals surface area (Å²) in [4.78, 5) is 16.7. The second-order valence-corrected chi connectivity index (χ2v) is 11.3. The van der Waals surface area contributed by atoms with E-state index < -0.39 is 15.1 Å². The van der Waals surface area contributed by atoms with E-state index in [1.165, 1.54) is 11.8 Å². The predicted octanol–water partition coefficient (Wildman–Crippen LogP) is 3.71. The van der Waals surface area contributed by atoms with Crippen molar-refractivity contribution in [1.29, 1.82) is 0 Å². The number of sulfone groups is 1. The number of ether oxygens (including phenoxy) is 1. The van der Waals surface area contributed by atoms with Crippen molar-refractivity contribution < 1.29 is 17.9 Å². The zero-order valence-electron chi connectivity index (χ0n) is 16.9. The lowest BCUT2D eigenvalue weighted by Crippen LogP contribution is -2.46. The lowest BCUT2D eigenvalue weighted by atomic mass is 10.1. The van der Waals surface area contributed by atoms with Gasteiger partial charge in [0.25, 0.3) is 0 Å². The van der Waals surface area contributed by atoms with E-state index in [-0.39, 0.29) is 29.6 Å². The van der Waals surface area contributed by atoms with Crippen LogP contribution in [0.15, 0.2) is 65.6 Å². The molecule has 4 rings (SSSR count). The average Bonchev–Trinajstić information content (AvgIpc) is 3.40. The molecule has 2 aromatic carbocycles. The van der Waals surface area contributed by atoms with Crippen molar-refractivity contribution in [1.82, 2.24) is 4.90 Å². The third kappa shape index (κ3) is 5.25. The first-order chi connectivity index (χ1) is 14.5. The SMILES string of the molecule is O=C(C(Sc1ccccc1)c1ccccc1)N(CC1CCCO1)C1CCS(=O)(=O)C1. The van der Waals surface area contributed by atoms with Gasteiger partial charge in [-0.2, -0.15) is 0 Å². The summed E-state index contributed by atoms with van der Waals surface area (Å²) in [6, 6.07) is 19.3. The van der Waals surface area contributed by atoms with Gasteiger partial charge >= 0.3 is 0 Å². The smallest absolute Gasteiger partial charge is 0.240 e. The minimum atomic E-state index is -3.10. The summed E-state index contributed by atoms with van der Waals surface area (Å²) >= 11 is 1.51. The fraction of sp³-hybridized carbons (Fsp3) is 0.435. The number of hydrogen-bond acceptors (Lipinski definition) is 5. The molecule has 7 heteroatoms. The van der Waals surface area contributed by atoms with E-state index in [4.69, 9.17) is 4.74 Å². The Kier molecular flexibility index (Phi) is 6.80. The summed E-state index contributed by atoms with van der Waals surface area (Å²) in [6.45, 7) is 1.16. The molecule has 0 saturated carbocycles. The molecule has 160 valence electrons. The number of nitrogens with zero attached hydrogens (tertiary/aromatic N) is 1. The molecule has 2 aromatic rings. The standard InChI is InChI=1S/C23H27NO4S2/c25-23(22(18-8-3-1-4-9-18)29-21-11-5-2-6-12-21)24(16-20-10-7-14-28-20)19-13-15-30(26,27)17-19/h1-6,8-9,11-12,19-20,22H,7,10,13-17H2. The van der Waals surface area contributed by atoms with Crippen LogP contribution in [0.25, 0.3) is 0 Å². The summed E-state index contributed by atoms with van der Waals surface area (Å²) in [5.41, 5.74) is 0.926. The number of thioether (sulfide) groups is 1. The van der Waals surface area contributed by atoms with Crippen molar-refractivity contribution in [3.05, 3.63) is 66.2 Å². The third-order valence-corrected chi connectivity index (χ3v) is 8.68. The molecule has 2 aliphatic rings. The molecule has 3 unspecified atom stereocenters. The van der Waals surface area contributed by atoms with Gasteiger partial charge in [0.1, 0.15) is 5.25 Å². The molecule has 30 heavy (non-hydrogen) atoms. The fourth-order valence-corrected chi connectivity index (χ4v) is 6.97. The third-order valence-electron chi connectivity index (χ3n) is 5.68. The van der Waals surface area contributed by atoms with Gasteiger partial charge in [-0.3, -0.25) is 4.79 Å². The minimum Gasteiger partial charge on any atom is -0.376 e. The van der Waals surface area contributed by atoms with E-state index in [2.05, 4.69) is 0 Å². The molecule has 2 aliphatic heterocycles. The van der Waals surface area contributed by atoms with Gasteiger partial charge < -0.3 is 9.64 Å². The highest BCUT2D eigenvalue weighted by molar-refractivity contribution is 8.00. The number of carbonyl (C=O) groups is 1. The van der Waals surface area contributed by atoms with E-state index >= 15 is 0 Å². The van der Waals surface area contributed by atoms with Crippen molar-refractivity contribution in [2.24, 2.45) is 0 Å². The number of benzene rings is 2. The first-order valence-electron chi connectivity index (χ1n) is 10.4. The molecule has 2 fully saturated rings. The molecule has 0 aliphatic carbocycles. The van der Waals surface area contributed by atoms with Crippen LogP contribution in [0, 0.1) is 0 Å². The Morgan fingerprint density at radius 2 is 1.77 bits per heavy atom. The number of rotatable bonds is 7. The lowest BCUT2D eigenvalue weighted by molar-refractivity contribution is -0.134. The average molecular weight is 446 g/mol. The highest BCUT2D eigenvalue weighted by atomic mass is 32.2. The zero-order chi connectivity index (χ0) is 21.0. The van der Waals surface area contributed by atoms with Gasteiger partial charge in [0.05, 0.1) is 17.6 Å². The maximum atomic E-state index is 13.9. The Labute approximate surface area is 182 Å². The van der Waals surface area contributed by atoms with Crippen LogP contribution in [0.2, 0.25) is 0 Å². The molecule has 0 spiro atoms. The van der Waals surface area contributed by atoms with E-state index in [1.54, 1.807) is 4.90 Å². The second kappa shape index (κ2) is 9.54. The molecule has 5 nitrogen and oxygen atoms in total. The summed E-state index contributed by atoms with van der Waals surface area (Å²) in [5, 5.41) is -0.432. The monoisotopic (exact) mass is 445 g/mol. The maximum absolute atomic E-state index is 13.9. The normalized spacial score (nSPS) is 23.9. The van der Waals surface area contributed by atoms with Gasteiger partial charge in [0.2, 0.25) is 5.91 Å². The van der Waals surface area contributed by atoms with Crippen LogP contribution in [0.4, 0.5) is 0 Å². The molecular weight excluding hydrogens is 418 g/mol. The van der Waals surface area contributed by atoms with Crippen LogP contribution >= 0.6 is 11.8 Å². The largest absolute Gasteiger partial charge is 0.376 e. The number of carbonyl (C=O) groups excluding carboxylic acids is 1. The van der Waals surface area contributed by atoms with Crippen molar-refractivity contribution in [2.45, 2.75) is 41.6 Å². The molecule has 0 N–H and O–H groups in total. The molecule has 0 radical (unpaired) electrons. The van der Waals surface area contributed by atoms with Gasteiger partial charge in [-0.25, -0.2) is 8.42 Å². The molecule has 0 bridgehead atoms. The molecule has 2 saturated heterocycles. The Bertz CT molecular complexity index is 944. The summed E-state index contributed by atoms with van der Waals surface area (Å²) < 4.78 is 30.1. The Morgan fingerprint density at radius 3 is 2.37 bits per heavy atom. The van der Waals surface area contributed by atoms with Crippen LogP contribution in [-0.2, 0) is 19.4 Å². The lowest BCUT2D eigenvalue weighted by Gasteiger charge is -2.33. The molecule has 3 atom stereocenters. The van der Waals surface area contributed by atoms with E-state index in [0.717, 1.165) is 23.3 Å². The van der Waals surface area contributed by atoms with Crippen molar-refractivity contribution in [3.8, 4) is 0 Å². The molecule has 0 aromatic heterocycles. The Morgan fingerprint density at radius 1 is 1.07 bits per heavy atom. The molecule has 1 amide bonds. The highest BCUT2D eigenvalue weighted by Gasteiger charge is 2.39. The van der Waals surface area contributed by atoms with Crippen LogP contribution in [-0.4, -0.2) is 56.0 Å². The van der Waals surface area contributed by atoms with Crippen LogP contribution in [0.1, 0.15) is 30.1 Å². The van der Waals surface area contributed by atoms with Crippen molar-refractivity contribution in [2.75, 3.05) is 24.7 Å². The van der Waals surface area contributed by atoms with Crippen LogP contribution in [0.3, 0.4) is 0 Å². The quantitative estimate of drug-likeness (QED) is 0.608.